The molecule has 25 heavy (non-hydrogen) atoms. The van der Waals surface area contributed by atoms with Crippen LogP contribution in [0.15, 0.2) is 53.1 Å². The first-order valence-electron chi connectivity index (χ1n) is 8.28. The molecule has 2 aromatic carbocycles. The number of hydrogen-bond donors (Lipinski definition) is 2. The van der Waals surface area contributed by atoms with Gasteiger partial charge in [0.05, 0.1) is 0 Å². The lowest BCUT2D eigenvalue weighted by Gasteiger charge is -2.11. The molecule has 1 aromatic heterocycles. The molecule has 0 aliphatic carbocycles. The number of aromatic nitrogens is 2. The van der Waals surface area contributed by atoms with Crippen LogP contribution in [0, 0.1) is 0 Å². The van der Waals surface area contributed by atoms with Gasteiger partial charge in [0.2, 0.25) is 11.7 Å². The topological polar surface area (TPSA) is 80.0 Å². The molecular weight excluding hydrogens is 316 g/mol. The summed E-state index contributed by atoms with van der Waals surface area (Å²) in [6, 6.07) is 14.8. The van der Waals surface area contributed by atoms with Gasteiger partial charge in [-0.25, -0.2) is 4.79 Å². The van der Waals surface area contributed by atoms with Crippen molar-refractivity contribution in [3.05, 3.63) is 60.0 Å². The van der Waals surface area contributed by atoms with Gasteiger partial charge < -0.3 is 15.2 Å². The zero-order valence-corrected chi connectivity index (χ0v) is 14.2. The Bertz CT molecular complexity index is 856. The molecule has 0 aliphatic rings. The molecule has 0 bridgehead atoms. The number of aryl methyl sites for hydroxylation is 2. The quantitative estimate of drug-likeness (QED) is 0.718. The van der Waals surface area contributed by atoms with Crippen molar-refractivity contribution in [2.24, 2.45) is 0 Å². The van der Waals surface area contributed by atoms with Crippen LogP contribution < -0.4 is 10.6 Å². The molecule has 0 saturated heterocycles. The molecule has 128 valence electrons. The van der Waals surface area contributed by atoms with E-state index in [1.165, 1.54) is 0 Å². The van der Waals surface area contributed by atoms with Crippen molar-refractivity contribution in [3.63, 3.8) is 0 Å². The van der Waals surface area contributed by atoms with E-state index in [2.05, 4.69) is 27.7 Å². The lowest BCUT2D eigenvalue weighted by Crippen LogP contribution is -2.20. The summed E-state index contributed by atoms with van der Waals surface area (Å²) in [5, 5.41) is 9.64. The number of amides is 2. The monoisotopic (exact) mass is 336 g/mol. The summed E-state index contributed by atoms with van der Waals surface area (Å²) in [6.45, 7) is 4.01. The third-order valence-corrected chi connectivity index (χ3v) is 3.82. The number of benzene rings is 2. The summed E-state index contributed by atoms with van der Waals surface area (Å²) in [5.74, 6) is 1.15. The first-order valence-corrected chi connectivity index (χ1v) is 8.28. The highest BCUT2D eigenvalue weighted by molar-refractivity contribution is 6.00. The van der Waals surface area contributed by atoms with Crippen LogP contribution in [0.5, 0.6) is 0 Å². The summed E-state index contributed by atoms with van der Waals surface area (Å²) < 4.78 is 5.11. The molecule has 0 saturated carbocycles. The zero-order chi connectivity index (χ0) is 17.6. The Kier molecular flexibility index (Phi) is 5.09. The van der Waals surface area contributed by atoms with E-state index in [4.69, 9.17) is 4.52 Å². The SMILES string of the molecule is CCc1nc(-c2ccc(NC(=O)Nc3ccccc3CC)cc2)no1. The lowest BCUT2D eigenvalue weighted by atomic mass is 10.1. The highest BCUT2D eigenvalue weighted by Gasteiger charge is 2.09. The Labute approximate surface area is 146 Å². The average Bonchev–Trinajstić information content (AvgIpc) is 3.12. The van der Waals surface area contributed by atoms with Crippen LogP contribution in [0.1, 0.15) is 25.3 Å². The second-order valence-corrected chi connectivity index (χ2v) is 5.53. The molecule has 0 fully saturated rings. The van der Waals surface area contributed by atoms with Gasteiger partial charge in [-0.3, -0.25) is 0 Å². The number of hydrogen-bond acceptors (Lipinski definition) is 4. The maximum absolute atomic E-state index is 12.2. The number of carbonyl (C=O) groups is 1. The molecule has 0 atom stereocenters. The lowest BCUT2D eigenvalue weighted by molar-refractivity contribution is 0.262. The molecular formula is C19H20N4O2. The van der Waals surface area contributed by atoms with Crippen molar-refractivity contribution < 1.29 is 9.32 Å². The summed E-state index contributed by atoms with van der Waals surface area (Å²) in [6.07, 6.45) is 1.56. The van der Waals surface area contributed by atoms with Crippen LogP contribution in [0.3, 0.4) is 0 Å². The molecule has 3 aromatic rings. The Morgan fingerprint density at radius 2 is 1.76 bits per heavy atom. The van der Waals surface area contributed by atoms with Crippen LogP contribution in [0.4, 0.5) is 16.2 Å². The van der Waals surface area contributed by atoms with Gasteiger partial charge in [0.1, 0.15) is 0 Å². The molecule has 1 heterocycles. The second kappa shape index (κ2) is 7.61. The van der Waals surface area contributed by atoms with E-state index in [0.29, 0.717) is 23.8 Å². The molecule has 6 heteroatoms. The van der Waals surface area contributed by atoms with E-state index in [-0.39, 0.29) is 6.03 Å². The molecule has 6 nitrogen and oxygen atoms in total. The molecule has 0 aliphatic heterocycles. The average molecular weight is 336 g/mol. The molecule has 2 N–H and O–H groups in total. The standard InChI is InChI=1S/C19H20N4O2/c1-3-13-7-5-6-8-16(13)21-19(24)20-15-11-9-14(10-12-15)18-22-17(4-2)25-23-18/h5-12H,3-4H2,1-2H3,(H2,20,21,24). The predicted molar refractivity (Wildman–Crippen MR) is 97.6 cm³/mol. The Morgan fingerprint density at radius 1 is 1.00 bits per heavy atom. The largest absolute Gasteiger partial charge is 0.339 e. The van der Waals surface area contributed by atoms with Gasteiger partial charge in [0.15, 0.2) is 0 Å². The minimum absolute atomic E-state index is 0.276. The molecule has 0 unspecified atom stereocenters. The fourth-order valence-electron chi connectivity index (χ4n) is 2.45. The van der Waals surface area contributed by atoms with Crippen LogP contribution in [-0.2, 0) is 12.8 Å². The number of carbonyl (C=O) groups excluding carboxylic acids is 1. The number of para-hydroxylation sites is 1. The van der Waals surface area contributed by atoms with Gasteiger partial charge >= 0.3 is 6.03 Å². The first-order chi connectivity index (χ1) is 12.2. The number of rotatable bonds is 5. The van der Waals surface area contributed by atoms with E-state index in [1.54, 1.807) is 0 Å². The van der Waals surface area contributed by atoms with Crippen molar-refractivity contribution in [1.29, 1.82) is 0 Å². The van der Waals surface area contributed by atoms with Gasteiger partial charge in [0, 0.05) is 23.4 Å². The van der Waals surface area contributed by atoms with E-state index >= 15 is 0 Å². The highest BCUT2D eigenvalue weighted by Crippen LogP contribution is 2.20. The van der Waals surface area contributed by atoms with Crippen molar-refractivity contribution >= 4 is 17.4 Å². The number of urea groups is 1. The van der Waals surface area contributed by atoms with E-state index in [1.807, 2.05) is 55.5 Å². The summed E-state index contributed by atoms with van der Waals surface area (Å²) in [4.78, 5) is 16.5. The summed E-state index contributed by atoms with van der Waals surface area (Å²) in [7, 11) is 0. The summed E-state index contributed by atoms with van der Waals surface area (Å²) in [5.41, 5.74) is 3.44. The number of nitrogens with one attached hydrogen (secondary N) is 2. The van der Waals surface area contributed by atoms with Crippen molar-refractivity contribution in [3.8, 4) is 11.4 Å². The van der Waals surface area contributed by atoms with Crippen molar-refractivity contribution in [2.45, 2.75) is 26.7 Å². The third-order valence-electron chi connectivity index (χ3n) is 3.82. The van der Waals surface area contributed by atoms with E-state index in [9.17, 15) is 4.79 Å². The highest BCUT2D eigenvalue weighted by atomic mass is 16.5. The Morgan fingerprint density at radius 3 is 2.44 bits per heavy atom. The van der Waals surface area contributed by atoms with Crippen molar-refractivity contribution in [2.75, 3.05) is 10.6 Å². The zero-order valence-electron chi connectivity index (χ0n) is 14.2. The van der Waals surface area contributed by atoms with Gasteiger partial charge in [-0.2, -0.15) is 4.98 Å². The first kappa shape index (κ1) is 16.7. The smallest absolute Gasteiger partial charge is 0.323 e. The van der Waals surface area contributed by atoms with E-state index in [0.717, 1.165) is 23.2 Å². The Balaban J connectivity index is 1.65. The predicted octanol–water partition coefficient (Wildman–Crippen LogP) is 4.51. The van der Waals surface area contributed by atoms with Crippen LogP contribution in [0.2, 0.25) is 0 Å². The molecule has 3 rings (SSSR count). The third kappa shape index (κ3) is 4.03. The second-order valence-electron chi connectivity index (χ2n) is 5.53. The maximum atomic E-state index is 12.2. The van der Waals surface area contributed by atoms with Gasteiger partial charge in [-0.05, 0) is 42.3 Å². The normalized spacial score (nSPS) is 10.5. The number of anilines is 2. The number of nitrogens with zero attached hydrogens (tertiary/aromatic N) is 2. The van der Waals surface area contributed by atoms with Crippen LogP contribution >= 0.6 is 0 Å². The molecule has 2 amide bonds. The fraction of sp³-hybridized carbons (Fsp3) is 0.211. The minimum Gasteiger partial charge on any atom is -0.339 e. The maximum Gasteiger partial charge on any atom is 0.323 e. The Hall–Kier alpha value is -3.15. The van der Waals surface area contributed by atoms with Gasteiger partial charge in [0.25, 0.3) is 0 Å². The van der Waals surface area contributed by atoms with Crippen LogP contribution in [0.25, 0.3) is 11.4 Å². The fourth-order valence-corrected chi connectivity index (χ4v) is 2.45. The van der Waals surface area contributed by atoms with Gasteiger partial charge in [-0.1, -0.05) is 37.2 Å². The molecule has 0 spiro atoms. The minimum atomic E-state index is -0.276. The van der Waals surface area contributed by atoms with Crippen molar-refractivity contribution in [1.82, 2.24) is 10.1 Å². The van der Waals surface area contributed by atoms with Crippen LogP contribution in [-0.4, -0.2) is 16.2 Å². The van der Waals surface area contributed by atoms with Gasteiger partial charge in [-0.15, -0.1) is 0 Å². The summed E-state index contributed by atoms with van der Waals surface area (Å²) >= 11 is 0. The molecule has 0 radical (unpaired) electrons. The van der Waals surface area contributed by atoms with E-state index < -0.39 is 0 Å².